The summed E-state index contributed by atoms with van der Waals surface area (Å²) in [7, 11) is 1.50. The Morgan fingerprint density at radius 1 is 1.08 bits per heavy atom. The smallest absolute Gasteiger partial charge is 0.343 e. The molecule has 1 aliphatic rings. The first-order valence-electron chi connectivity index (χ1n) is 12.0. The molecule has 37 heavy (non-hydrogen) atoms. The molecular weight excluding hydrogens is 540 g/mol. The van der Waals surface area contributed by atoms with E-state index >= 15 is 0 Å². The molecule has 0 bridgehead atoms. The summed E-state index contributed by atoms with van der Waals surface area (Å²) in [4.78, 5) is 27.9. The average molecular weight is 565 g/mol. The van der Waals surface area contributed by atoms with Gasteiger partial charge in [0.15, 0.2) is 11.5 Å². The van der Waals surface area contributed by atoms with Crippen LogP contribution >= 0.6 is 15.9 Å². The van der Waals surface area contributed by atoms with Crippen molar-refractivity contribution in [2.24, 2.45) is 0 Å². The normalized spacial score (nSPS) is 13.9. The van der Waals surface area contributed by atoms with E-state index < -0.39 is 10.9 Å². The summed E-state index contributed by atoms with van der Waals surface area (Å²) in [6.45, 7) is 0. The molecule has 1 fully saturated rings. The van der Waals surface area contributed by atoms with Crippen LogP contribution in [0.3, 0.4) is 0 Å². The Bertz CT molecular complexity index is 1460. The van der Waals surface area contributed by atoms with Gasteiger partial charge in [0, 0.05) is 34.4 Å². The van der Waals surface area contributed by atoms with Crippen LogP contribution in [0.4, 0.5) is 11.5 Å². The Morgan fingerprint density at radius 3 is 2.54 bits per heavy atom. The monoisotopic (exact) mass is 564 g/mol. The first kappa shape index (κ1) is 24.8. The zero-order chi connectivity index (χ0) is 25.9. The largest absolute Gasteiger partial charge is 0.493 e. The van der Waals surface area contributed by atoms with Gasteiger partial charge < -0.3 is 14.8 Å². The van der Waals surface area contributed by atoms with Crippen molar-refractivity contribution in [3.63, 3.8) is 0 Å². The first-order valence-corrected chi connectivity index (χ1v) is 12.8. The summed E-state index contributed by atoms with van der Waals surface area (Å²) >= 11 is 3.56. The van der Waals surface area contributed by atoms with Crippen molar-refractivity contribution in [3.05, 3.63) is 80.9 Å². The summed E-state index contributed by atoms with van der Waals surface area (Å²) < 4.78 is 14.1. The van der Waals surface area contributed by atoms with Crippen molar-refractivity contribution in [2.45, 2.75) is 38.1 Å². The SMILES string of the molecule is COc1cc(-c2nc3ccc(Br)cn3c2NC2CCCCC2)ccc1OC(=O)c1ccc([N+](=O)[O-])cc1. The lowest BCUT2D eigenvalue weighted by Crippen LogP contribution is -2.23. The predicted octanol–water partition coefficient (Wildman–Crippen LogP) is 6.64. The van der Waals surface area contributed by atoms with Crippen molar-refractivity contribution in [3.8, 4) is 22.8 Å². The van der Waals surface area contributed by atoms with Crippen LogP contribution in [-0.2, 0) is 0 Å². The van der Waals surface area contributed by atoms with Gasteiger partial charge in [0.05, 0.1) is 17.6 Å². The highest BCUT2D eigenvalue weighted by Gasteiger charge is 2.22. The second-order valence-electron chi connectivity index (χ2n) is 8.92. The molecule has 10 heteroatoms. The van der Waals surface area contributed by atoms with E-state index in [0.29, 0.717) is 11.8 Å². The summed E-state index contributed by atoms with van der Waals surface area (Å²) in [6.07, 6.45) is 7.89. The van der Waals surface area contributed by atoms with Crippen molar-refractivity contribution in [2.75, 3.05) is 12.4 Å². The van der Waals surface area contributed by atoms with E-state index in [1.807, 2.05) is 28.8 Å². The molecule has 0 radical (unpaired) electrons. The van der Waals surface area contributed by atoms with Crippen LogP contribution in [0.2, 0.25) is 0 Å². The number of carbonyl (C=O) groups excluding carboxylic acids is 1. The van der Waals surface area contributed by atoms with Gasteiger partial charge in [-0.05, 0) is 71.2 Å². The topological polar surface area (TPSA) is 108 Å². The number of imidazole rings is 1. The molecule has 0 spiro atoms. The summed E-state index contributed by atoms with van der Waals surface area (Å²) in [5, 5.41) is 14.6. The maximum atomic E-state index is 12.7. The van der Waals surface area contributed by atoms with Gasteiger partial charge in [-0.1, -0.05) is 19.3 Å². The van der Waals surface area contributed by atoms with Crippen molar-refractivity contribution in [1.82, 2.24) is 9.38 Å². The Hall–Kier alpha value is -3.92. The molecule has 0 atom stereocenters. The van der Waals surface area contributed by atoms with Crippen molar-refractivity contribution < 1.29 is 19.2 Å². The average Bonchev–Trinajstić information content (AvgIpc) is 3.26. The van der Waals surface area contributed by atoms with E-state index in [1.165, 1.54) is 50.6 Å². The molecule has 0 aliphatic heterocycles. The second-order valence-corrected chi connectivity index (χ2v) is 9.84. The van der Waals surface area contributed by atoms with E-state index in [-0.39, 0.29) is 17.0 Å². The number of methoxy groups -OCH3 is 1. The lowest BCUT2D eigenvalue weighted by atomic mass is 9.95. The van der Waals surface area contributed by atoms with Gasteiger partial charge in [-0.25, -0.2) is 9.78 Å². The van der Waals surface area contributed by atoms with Crippen LogP contribution in [0.15, 0.2) is 65.3 Å². The zero-order valence-corrected chi connectivity index (χ0v) is 21.7. The molecule has 0 saturated heterocycles. The Kier molecular flexibility index (Phi) is 7.09. The fraction of sp³-hybridized carbons (Fsp3) is 0.259. The molecule has 1 aliphatic carbocycles. The highest BCUT2D eigenvalue weighted by Crippen LogP contribution is 2.37. The predicted molar refractivity (Wildman–Crippen MR) is 143 cm³/mol. The number of benzene rings is 2. The van der Waals surface area contributed by atoms with Crippen LogP contribution < -0.4 is 14.8 Å². The van der Waals surface area contributed by atoms with E-state index in [2.05, 4.69) is 21.2 Å². The maximum Gasteiger partial charge on any atom is 0.343 e. The van der Waals surface area contributed by atoms with Gasteiger partial charge in [-0.3, -0.25) is 14.5 Å². The number of carbonyl (C=O) groups is 1. The Balaban J connectivity index is 1.46. The number of anilines is 1. The number of halogens is 1. The highest BCUT2D eigenvalue weighted by atomic mass is 79.9. The number of nitrogens with one attached hydrogen (secondary N) is 1. The lowest BCUT2D eigenvalue weighted by molar-refractivity contribution is -0.384. The van der Waals surface area contributed by atoms with Crippen molar-refractivity contribution in [1.29, 1.82) is 0 Å². The number of non-ortho nitro benzene ring substituents is 1. The number of hydrogen-bond donors (Lipinski definition) is 1. The number of pyridine rings is 1. The molecule has 5 rings (SSSR count). The van der Waals surface area contributed by atoms with Gasteiger partial charge in [-0.15, -0.1) is 0 Å². The number of nitro benzene ring substituents is 1. The molecule has 0 unspecified atom stereocenters. The fourth-order valence-electron chi connectivity index (χ4n) is 4.58. The summed E-state index contributed by atoms with van der Waals surface area (Å²) in [5.74, 6) is 0.872. The van der Waals surface area contributed by atoms with E-state index in [9.17, 15) is 14.9 Å². The molecule has 2 aromatic heterocycles. The molecule has 9 nitrogen and oxygen atoms in total. The van der Waals surface area contributed by atoms with Gasteiger partial charge in [-0.2, -0.15) is 0 Å². The van der Waals surface area contributed by atoms with Gasteiger partial charge in [0.1, 0.15) is 17.2 Å². The van der Waals surface area contributed by atoms with Crippen LogP contribution in [0, 0.1) is 10.1 Å². The number of hydrogen-bond acceptors (Lipinski definition) is 7. The van der Waals surface area contributed by atoms with E-state index in [1.54, 1.807) is 12.1 Å². The fourth-order valence-corrected chi connectivity index (χ4v) is 4.91. The maximum absolute atomic E-state index is 12.7. The third-order valence-electron chi connectivity index (χ3n) is 6.48. The lowest BCUT2D eigenvalue weighted by Gasteiger charge is -2.24. The molecule has 2 heterocycles. The second kappa shape index (κ2) is 10.6. The third kappa shape index (κ3) is 5.29. The number of nitro groups is 1. The zero-order valence-electron chi connectivity index (χ0n) is 20.1. The van der Waals surface area contributed by atoms with Gasteiger partial charge in [0.25, 0.3) is 5.69 Å². The minimum Gasteiger partial charge on any atom is -0.493 e. The minimum atomic E-state index is -0.641. The highest BCUT2D eigenvalue weighted by molar-refractivity contribution is 9.10. The number of aromatic nitrogens is 2. The summed E-state index contributed by atoms with van der Waals surface area (Å²) in [5.41, 5.74) is 2.49. The molecule has 0 amide bonds. The van der Waals surface area contributed by atoms with E-state index in [0.717, 1.165) is 40.0 Å². The number of rotatable bonds is 7. The van der Waals surface area contributed by atoms with Crippen molar-refractivity contribution >= 4 is 39.1 Å². The van der Waals surface area contributed by atoms with Crippen LogP contribution in [0.25, 0.3) is 16.9 Å². The van der Waals surface area contributed by atoms with Crippen LogP contribution in [0.5, 0.6) is 11.5 Å². The quantitative estimate of drug-likeness (QED) is 0.116. The third-order valence-corrected chi connectivity index (χ3v) is 6.95. The number of fused-ring (bicyclic) bond motifs is 1. The van der Waals surface area contributed by atoms with Crippen LogP contribution in [0.1, 0.15) is 42.5 Å². The first-order chi connectivity index (χ1) is 17.9. The van der Waals surface area contributed by atoms with E-state index in [4.69, 9.17) is 14.5 Å². The minimum absolute atomic E-state index is 0.101. The molecule has 2 aromatic carbocycles. The number of ether oxygens (including phenoxy) is 2. The Labute approximate surface area is 221 Å². The molecule has 4 aromatic rings. The number of esters is 1. The number of nitrogens with zero attached hydrogens (tertiary/aromatic N) is 3. The molecule has 1 saturated carbocycles. The van der Waals surface area contributed by atoms with Crippen LogP contribution in [-0.4, -0.2) is 33.4 Å². The molecule has 190 valence electrons. The summed E-state index contributed by atoms with van der Waals surface area (Å²) in [6, 6.07) is 14.8. The molecular formula is C27H25BrN4O5. The molecule has 1 N–H and O–H groups in total. The standard InChI is InChI=1S/C27H25BrN4O5/c1-36-23-15-18(9-13-22(23)37-27(33)17-7-11-21(12-8-17)32(34)35)25-26(29-20-5-3-2-4-6-20)31-16-19(28)10-14-24(31)30-25/h7-16,20,29H,2-6H2,1H3. The van der Waals surface area contributed by atoms with Gasteiger partial charge >= 0.3 is 5.97 Å². The Morgan fingerprint density at radius 2 is 1.84 bits per heavy atom. The van der Waals surface area contributed by atoms with Gasteiger partial charge in [0.2, 0.25) is 0 Å².